The smallest absolute Gasteiger partial charge is 0.240 e. The topological polar surface area (TPSA) is 117 Å². The largest absolute Gasteiger partial charge is 0.309 e. The van der Waals surface area contributed by atoms with Crippen LogP contribution in [0.2, 0.25) is 0 Å². The minimum Gasteiger partial charge on any atom is -0.309 e. The highest BCUT2D eigenvalue weighted by Crippen LogP contribution is 2.49. The number of rotatable bonds is 10. The number of aromatic nitrogens is 14. The first-order valence-corrected chi connectivity index (χ1v) is 41.3. The molecule has 0 radical (unpaired) electrons. The Morgan fingerprint density at radius 3 is 0.467 bits per heavy atom. The van der Waals surface area contributed by atoms with Crippen LogP contribution in [0.3, 0.4) is 0 Å². The van der Waals surface area contributed by atoms with Crippen LogP contribution in [0.25, 0.3) is 244 Å². The molecule has 17 aromatic carbocycles. The van der Waals surface area contributed by atoms with Crippen LogP contribution in [0.1, 0.15) is 0 Å². The maximum atomic E-state index is 5.81. The normalized spacial score (nSPS) is 12.3. The van der Waals surface area contributed by atoms with Gasteiger partial charge in [0, 0.05) is 120 Å². The second kappa shape index (κ2) is 25.3. The van der Waals surface area contributed by atoms with E-state index in [0.717, 1.165) is 208 Å². The van der Waals surface area contributed by atoms with E-state index in [1.807, 2.05) is 0 Å². The quantitative estimate of drug-likeness (QED) is 0.135. The van der Waals surface area contributed by atoms with Crippen LogP contribution in [-0.4, -0.2) is 66.4 Å². The van der Waals surface area contributed by atoms with Gasteiger partial charge in [0.2, 0.25) is 23.8 Å². The molecule has 27 aromatic rings. The third-order valence-corrected chi connectivity index (χ3v) is 25.4. The summed E-state index contributed by atoms with van der Waals surface area (Å²) in [4.78, 5) is 34.6. The molecule has 566 valence electrons. The van der Waals surface area contributed by atoms with Crippen molar-refractivity contribution in [3.8, 4) is 69.3 Å². The summed E-state index contributed by atoms with van der Waals surface area (Å²) in [6, 6.07) is 139. The third-order valence-electron chi connectivity index (χ3n) is 25.4. The predicted octanol–water partition coefficient (Wildman–Crippen LogP) is 26.2. The maximum absolute atomic E-state index is 5.81. The fourth-order valence-corrected chi connectivity index (χ4v) is 20.5. The Morgan fingerprint density at radius 1 is 0.123 bits per heavy atom. The number of nitrogens with zero attached hydrogens (tertiary/aromatic N) is 14. The first kappa shape index (κ1) is 66.3. The van der Waals surface area contributed by atoms with Crippen molar-refractivity contribution >= 4 is 174 Å². The average Bonchev–Trinajstić information content (AvgIpc) is 1.58. The van der Waals surface area contributed by atoms with Crippen molar-refractivity contribution in [3.05, 3.63) is 388 Å². The molecular formula is C108H64N14. The molecule has 0 bridgehead atoms. The molecule has 0 aliphatic heterocycles. The van der Waals surface area contributed by atoms with Crippen LogP contribution in [-0.2, 0) is 0 Å². The van der Waals surface area contributed by atoms with Crippen molar-refractivity contribution in [2.75, 3.05) is 0 Å². The monoisotopic (exact) mass is 1560 g/mol. The zero-order chi connectivity index (χ0) is 79.5. The summed E-state index contributed by atoms with van der Waals surface area (Å²) in [6.45, 7) is 0. The molecule has 122 heavy (non-hydrogen) atoms. The standard InChI is InChI=1S/C108H64N14/c1-5-29-67(30-6-1)115-79-45-21-13-37-71(79)95-87(115)57-61-91-99(95)75-41-17-25-49-83(75)119(91)105-109-103(110-106(113-105)120-84-50-26-18-42-76(84)100-92(120)62-58-88-96(100)72-38-14-22-46-80(72)116(88)68-31-7-2-8-32-68)65-53-55-66(56-54-65)104-111-107(121-85-51-27-19-43-77(85)101-93(121)63-59-89-97(101)73-39-15-23-47-81(73)117(89)69-33-9-3-10-34-69)114-108(112-104)122-86-52-28-20-44-78(86)102-94(122)64-60-90-98(102)74-40-16-24-48-82(74)118(90)70-35-11-4-12-36-70/h1-64H. The van der Waals surface area contributed by atoms with Crippen molar-refractivity contribution in [2.24, 2.45) is 0 Å². The van der Waals surface area contributed by atoms with Crippen LogP contribution in [0, 0.1) is 0 Å². The van der Waals surface area contributed by atoms with E-state index in [1.54, 1.807) is 0 Å². The highest BCUT2D eigenvalue weighted by atomic mass is 15.3. The van der Waals surface area contributed by atoms with Gasteiger partial charge in [0.1, 0.15) is 0 Å². The summed E-state index contributed by atoms with van der Waals surface area (Å²) in [7, 11) is 0. The predicted molar refractivity (Wildman–Crippen MR) is 499 cm³/mol. The van der Waals surface area contributed by atoms with Crippen LogP contribution in [0.4, 0.5) is 0 Å². The molecule has 0 spiro atoms. The van der Waals surface area contributed by atoms with Gasteiger partial charge < -0.3 is 18.3 Å². The first-order valence-electron chi connectivity index (χ1n) is 41.3. The molecule has 10 aromatic heterocycles. The summed E-state index contributed by atoms with van der Waals surface area (Å²) in [5.41, 5.74) is 22.5. The van der Waals surface area contributed by atoms with Gasteiger partial charge in [-0.25, -0.2) is 0 Å². The van der Waals surface area contributed by atoms with Crippen LogP contribution >= 0.6 is 0 Å². The van der Waals surface area contributed by atoms with Crippen molar-refractivity contribution in [3.63, 3.8) is 0 Å². The van der Waals surface area contributed by atoms with Gasteiger partial charge in [0.15, 0.2) is 11.6 Å². The van der Waals surface area contributed by atoms with E-state index in [0.29, 0.717) is 35.4 Å². The summed E-state index contributed by atoms with van der Waals surface area (Å²) in [6.07, 6.45) is 0. The molecule has 0 saturated carbocycles. The number of hydrogen-bond donors (Lipinski definition) is 0. The van der Waals surface area contributed by atoms with Crippen molar-refractivity contribution < 1.29 is 0 Å². The molecule has 0 amide bonds. The molecule has 10 heterocycles. The fourth-order valence-electron chi connectivity index (χ4n) is 20.5. The van der Waals surface area contributed by atoms with Gasteiger partial charge in [0.25, 0.3) is 0 Å². The summed E-state index contributed by atoms with van der Waals surface area (Å²) in [5.74, 6) is 2.81. The Labute approximate surface area is 694 Å². The number of para-hydroxylation sites is 12. The summed E-state index contributed by atoms with van der Waals surface area (Å²) >= 11 is 0. The van der Waals surface area contributed by atoms with Crippen molar-refractivity contribution in [1.82, 2.24) is 66.4 Å². The number of benzene rings is 17. The van der Waals surface area contributed by atoms with Gasteiger partial charge in [-0.3, -0.25) is 18.3 Å². The van der Waals surface area contributed by atoms with Crippen molar-refractivity contribution in [2.45, 2.75) is 0 Å². The molecule has 14 heteroatoms. The van der Waals surface area contributed by atoms with Gasteiger partial charge in [0.05, 0.1) is 88.3 Å². The van der Waals surface area contributed by atoms with Gasteiger partial charge in [-0.2, -0.15) is 29.9 Å². The minimum absolute atomic E-state index is 0.465. The van der Waals surface area contributed by atoms with E-state index in [9.17, 15) is 0 Å². The highest BCUT2D eigenvalue weighted by Gasteiger charge is 2.30. The number of hydrogen-bond acceptors (Lipinski definition) is 6. The molecule has 0 N–H and O–H groups in total. The molecular weight excluding hydrogens is 1490 g/mol. The SMILES string of the molecule is c1ccc(-n2c3ccccc3c3c4c5ccccc5n(-c5nc(-c6ccc(-c7nc(-n8c9ccccc9c9c%10c%11ccccc%11n(-c%11ccccc%11)c%10ccc98)nc(-n8c9ccccc9c9c%10c%11ccccc%11n(-c%11ccccc%11)c%10ccc98)n7)cc6)nc(-n6c7ccccc7c7c8c9ccccc9n(-c9ccccc9)c8ccc76)n5)c4ccc32)cc1. The lowest BCUT2D eigenvalue weighted by atomic mass is 10.1. The van der Waals surface area contributed by atoms with Gasteiger partial charge in [-0.15, -0.1) is 0 Å². The maximum Gasteiger partial charge on any atom is 0.240 e. The van der Waals surface area contributed by atoms with Crippen LogP contribution in [0.15, 0.2) is 388 Å². The van der Waals surface area contributed by atoms with Gasteiger partial charge in [-0.05, 0) is 146 Å². The van der Waals surface area contributed by atoms with Crippen LogP contribution in [0.5, 0.6) is 0 Å². The second-order valence-corrected chi connectivity index (χ2v) is 31.7. The molecule has 0 aliphatic carbocycles. The molecule has 27 rings (SSSR count). The molecule has 0 saturated heterocycles. The summed E-state index contributed by atoms with van der Waals surface area (Å²) < 4.78 is 18.5. The van der Waals surface area contributed by atoms with E-state index < -0.39 is 0 Å². The Kier molecular flexibility index (Phi) is 13.8. The average molecular weight is 1560 g/mol. The first-order chi connectivity index (χ1) is 60.6. The molecule has 14 nitrogen and oxygen atoms in total. The Balaban J connectivity index is 0.707. The van der Waals surface area contributed by atoms with Crippen LogP contribution < -0.4 is 0 Å². The molecule has 0 atom stereocenters. The fraction of sp³-hybridized carbons (Fsp3) is 0. The van der Waals surface area contributed by atoms with E-state index in [-0.39, 0.29) is 0 Å². The third kappa shape index (κ3) is 9.25. The van der Waals surface area contributed by atoms with Crippen molar-refractivity contribution in [1.29, 1.82) is 0 Å². The van der Waals surface area contributed by atoms with Gasteiger partial charge in [-0.1, -0.05) is 243 Å². The molecule has 0 aliphatic rings. The number of fused-ring (bicyclic) bond motifs is 28. The van der Waals surface area contributed by atoms with E-state index in [2.05, 4.69) is 425 Å². The van der Waals surface area contributed by atoms with E-state index >= 15 is 0 Å². The Morgan fingerprint density at radius 2 is 0.279 bits per heavy atom. The summed E-state index contributed by atoms with van der Waals surface area (Å²) in [5, 5.41) is 18.0. The molecule has 0 fully saturated rings. The van der Waals surface area contributed by atoms with E-state index in [4.69, 9.17) is 29.9 Å². The lowest BCUT2D eigenvalue weighted by molar-refractivity contribution is 0.891. The zero-order valence-corrected chi connectivity index (χ0v) is 65.2. The molecule has 0 unspecified atom stereocenters. The highest BCUT2D eigenvalue weighted by molar-refractivity contribution is 6.33. The van der Waals surface area contributed by atoms with Gasteiger partial charge >= 0.3 is 0 Å². The minimum atomic E-state index is 0.465. The van der Waals surface area contributed by atoms with E-state index in [1.165, 1.54) is 0 Å². The zero-order valence-electron chi connectivity index (χ0n) is 65.2. The Bertz CT molecular complexity index is 8110. The second-order valence-electron chi connectivity index (χ2n) is 31.7. The lowest BCUT2D eigenvalue weighted by Gasteiger charge is -2.14. The lowest BCUT2D eigenvalue weighted by Crippen LogP contribution is -2.11. The Hall–Kier alpha value is -16.8.